The van der Waals surface area contributed by atoms with Crippen molar-refractivity contribution in [3.05, 3.63) is 0 Å². The fraction of sp³-hybridized carbons (Fsp3) is 1.00. The molecule has 11 heavy (non-hydrogen) atoms. The quantitative estimate of drug-likeness (QED) is 0.659. The first-order valence-corrected chi connectivity index (χ1v) is 4.53. The minimum Gasteiger partial charge on any atom is -0.396 e. The fourth-order valence-electron chi connectivity index (χ4n) is 1.43. The van der Waals surface area contributed by atoms with E-state index in [1.165, 1.54) is 0 Å². The van der Waals surface area contributed by atoms with Crippen molar-refractivity contribution in [3.8, 4) is 0 Å². The summed E-state index contributed by atoms with van der Waals surface area (Å²) in [5.41, 5.74) is 0.131. The minimum atomic E-state index is -0.111. The third-order valence-corrected chi connectivity index (χ3v) is 2.31. The van der Waals surface area contributed by atoms with E-state index in [9.17, 15) is 0 Å². The maximum atomic E-state index is 9.06. The van der Waals surface area contributed by atoms with Gasteiger partial charge in [-0.15, -0.1) is 11.6 Å². The Morgan fingerprint density at radius 1 is 1.18 bits per heavy atom. The molecule has 0 saturated carbocycles. The molecular weight excluding hydrogens is 160 g/mol. The molecule has 0 aromatic heterocycles. The maximum absolute atomic E-state index is 9.06. The first kappa shape index (κ1) is 11.2. The topological polar surface area (TPSA) is 20.2 Å². The summed E-state index contributed by atoms with van der Waals surface area (Å²) in [5.74, 6) is 0.529. The van der Waals surface area contributed by atoms with E-state index in [0.29, 0.717) is 5.88 Å². The van der Waals surface area contributed by atoms with Crippen molar-refractivity contribution >= 4 is 11.6 Å². The van der Waals surface area contributed by atoms with Crippen molar-refractivity contribution in [1.82, 2.24) is 0 Å². The second kappa shape index (κ2) is 3.77. The molecule has 1 nitrogen and oxygen atoms in total. The van der Waals surface area contributed by atoms with E-state index >= 15 is 0 Å². The summed E-state index contributed by atoms with van der Waals surface area (Å²) < 4.78 is 0. The SMILES string of the molecule is CC(C)(C)CC(C)(CO)CCl. The first-order valence-electron chi connectivity index (χ1n) is 4.00. The summed E-state index contributed by atoms with van der Waals surface area (Å²) in [6.45, 7) is 8.67. The van der Waals surface area contributed by atoms with E-state index < -0.39 is 0 Å². The highest BCUT2D eigenvalue weighted by atomic mass is 35.5. The minimum absolute atomic E-state index is 0.111. The summed E-state index contributed by atoms with van der Waals surface area (Å²) in [4.78, 5) is 0. The van der Waals surface area contributed by atoms with Gasteiger partial charge in [-0.1, -0.05) is 27.7 Å². The number of hydrogen-bond acceptors (Lipinski definition) is 1. The van der Waals surface area contributed by atoms with E-state index in [1.807, 2.05) is 6.92 Å². The van der Waals surface area contributed by atoms with Gasteiger partial charge in [0.15, 0.2) is 0 Å². The lowest BCUT2D eigenvalue weighted by Gasteiger charge is -2.32. The van der Waals surface area contributed by atoms with Crippen LogP contribution in [0.2, 0.25) is 0 Å². The van der Waals surface area contributed by atoms with E-state index in [-0.39, 0.29) is 17.4 Å². The molecule has 0 aliphatic carbocycles. The largest absolute Gasteiger partial charge is 0.396 e. The number of aliphatic hydroxyl groups is 1. The fourth-order valence-corrected chi connectivity index (χ4v) is 1.60. The Morgan fingerprint density at radius 2 is 1.64 bits per heavy atom. The molecule has 0 aliphatic heterocycles. The van der Waals surface area contributed by atoms with Gasteiger partial charge in [-0.2, -0.15) is 0 Å². The van der Waals surface area contributed by atoms with E-state index in [1.54, 1.807) is 0 Å². The zero-order valence-corrected chi connectivity index (χ0v) is 8.70. The lowest BCUT2D eigenvalue weighted by Crippen LogP contribution is -2.29. The Morgan fingerprint density at radius 3 is 1.73 bits per heavy atom. The second-order valence-corrected chi connectivity index (χ2v) is 5.11. The highest BCUT2D eigenvalue weighted by Gasteiger charge is 2.28. The normalized spacial score (nSPS) is 18.0. The molecule has 0 spiro atoms. The van der Waals surface area contributed by atoms with Gasteiger partial charge in [-0.05, 0) is 11.8 Å². The molecule has 0 radical (unpaired) electrons. The third kappa shape index (κ3) is 4.65. The van der Waals surface area contributed by atoms with Gasteiger partial charge in [0.25, 0.3) is 0 Å². The summed E-state index contributed by atoms with van der Waals surface area (Å²) in [6.07, 6.45) is 0.958. The lowest BCUT2D eigenvalue weighted by atomic mass is 9.77. The number of hydrogen-bond donors (Lipinski definition) is 1. The van der Waals surface area contributed by atoms with Crippen molar-refractivity contribution < 1.29 is 5.11 Å². The van der Waals surface area contributed by atoms with Gasteiger partial charge in [0, 0.05) is 17.9 Å². The van der Waals surface area contributed by atoms with Gasteiger partial charge in [-0.3, -0.25) is 0 Å². The number of aliphatic hydroxyl groups excluding tert-OH is 1. The number of halogens is 1. The van der Waals surface area contributed by atoms with Crippen LogP contribution in [0.25, 0.3) is 0 Å². The van der Waals surface area contributed by atoms with Crippen molar-refractivity contribution in [1.29, 1.82) is 0 Å². The molecule has 0 fully saturated rings. The Kier molecular flexibility index (Phi) is 3.86. The molecule has 0 aromatic carbocycles. The van der Waals surface area contributed by atoms with Crippen molar-refractivity contribution in [2.75, 3.05) is 12.5 Å². The highest BCUT2D eigenvalue weighted by molar-refractivity contribution is 6.18. The molecule has 1 atom stereocenters. The molecule has 0 saturated heterocycles. The highest BCUT2D eigenvalue weighted by Crippen LogP contribution is 2.33. The average molecular weight is 179 g/mol. The predicted molar refractivity (Wildman–Crippen MR) is 50.0 cm³/mol. The zero-order valence-electron chi connectivity index (χ0n) is 7.95. The van der Waals surface area contributed by atoms with Crippen LogP contribution in [0.1, 0.15) is 34.1 Å². The predicted octanol–water partition coefficient (Wildman–Crippen LogP) is 2.66. The smallest absolute Gasteiger partial charge is 0.0496 e. The van der Waals surface area contributed by atoms with Crippen molar-refractivity contribution in [2.24, 2.45) is 10.8 Å². The molecule has 68 valence electrons. The van der Waals surface area contributed by atoms with Crippen LogP contribution in [-0.4, -0.2) is 17.6 Å². The lowest BCUT2D eigenvalue weighted by molar-refractivity contribution is 0.113. The van der Waals surface area contributed by atoms with Gasteiger partial charge >= 0.3 is 0 Å². The van der Waals surface area contributed by atoms with Crippen molar-refractivity contribution in [2.45, 2.75) is 34.1 Å². The summed E-state index contributed by atoms with van der Waals surface area (Å²) in [5, 5.41) is 9.06. The van der Waals surface area contributed by atoms with Crippen molar-refractivity contribution in [3.63, 3.8) is 0 Å². The summed E-state index contributed by atoms with van der Waals surface area (Å²) in [6, 6.07) is 0. The van der Waals surface area contributed by atoms with Crippen LogP contribution in [-0.2, 0) is 0 Å². The van der Waals surface area contributed by atoms with Crippen LogP contribution in [0.3, 0.4) is 0 Å². The molecular formula is C9H19ClO. The number of rotatable bonds is 3. The molecule has 2 heteroatoms. The van der Waals surface area contributed by atoms with Gasteiger partial charge in [-0.25, -0.2) is 0 Å². The Hall–Kier alpha value is 0.250. The monoisotopic (exact) mass is 178 g/mol. The molecule has 1 unspecified atom stereocenters. The third-order valence-electron chi connectivity index (χ3n) is 1.66. The van der Waals surface area contributed by atoms with Crippen LogP contribution in [0, 0.1) is 10.8 Å². The zero-order chi connectivity index (χ0) is 9.12. The maximum Gasteiger partial charge on any atom is 0.0496 e. The summed E-state index contributed by atoms with van der Waals surface area (Å²) in [7, 11) is 0. The van der Waals surface area contributed by atoms with Crippen LogP contribution in [0.15, 0.2) is 0 Å². The van der Waals surface area contributed by atoms with Gasteiger partial charge in [0.2, 0.25) is 0 Å². The Labute approximate surface area is 74.8 Å². The van der Waals surface area contributed by atoms with Gasteiger partial charge in [0.1, 0.15) is 0 Å². The molecule has 0 aromatic rings. The molecule has 0 amide bonds. The van der Waals surface area contributed by atoms with Gasteiger partial charge < -0.3 is 5.11 Å². The van der Waals surface area contributed by atoms with Crippen LogP contribution in [0.4, 0.5) is 0 Å². The Bertz CT molecular complexity index is 111. The van der Waals surface area contributed by atoms with Crippen LogP contribution < -0.4 is 0 Å². The Balaban J connectivity index is 4.08. The molecule has 1 N–H and O–H groups in total. The molecule has 0 heterocycles. The van der Waals surface area contributed by atoms with Gasteiger partial charge in [0.05, 0.1) is 0 Å². The summed E-state index contributed by atoms with van der Waals surface area (Å²) >= 11 is 5.75. The molecule has 0 aliphatic rings. The molecule has 0 rings (SSSR count). The second-order valence-electron chi connectivity index (χ2n) is 4.84. The van der Waals surface area contributed by atoms with Crippen LogP contribution >= 0.6 is 11.6 Å². The molecule has 0 bridgehead atoms. The van der Waals surface area contributed by atoms with E-state index in [0.717, 1.165) is 6.42 Å². The van der Waals surface area contributed by atoms with E-state index in [4.69, 9.17) is 16.7 Å². The number of alkyl halides is 1. The first-order chi connectivity index (χ1) is 4.83. The standard InChI is InChI=1S/C9H19ClO/c1-8(2,3)5-9(4,6-10)7-11/h11H,5-7H2,1-4H3. The average Bonchev–Trinajstić information content (AvgIpc) is 1.84. The van der Waals surface area contributed by atoms with Crippen LogP contribution in [0.5, 0.6) is 0 Å². The van der Waals surface area contributed by atoms with E-state index in [2.05, 4.69) is 20.8 Å².